The zero-order valence-electron chi connectivity index (χ0n) is 11.5. The first kappa shape index (κ1) is 13.1. The molecule has 1 unspecified atom stereocenters. The summed E-state index contributed by atoms with van der Waals surface area (Å²) < 4.78 is 6.81. The van der Waals surface area contributed by atoms with Crippen LogP contribution < -0.4 is 5.73 Å². The van der Waals surface area contributed by atoms with Crippen LogP contribution in [0.5, 0.6) is 0 Å². The van der Waals surface area contributed by atoms with Gasteiger partial charge in [-0.1, -0.05) is 13.8 Å². The van der Waals surface area contributed by atoms with Crippen molar-refractivity contribution in [1.29, 1.82) is 0 Å². The van der Waals surface area contributed by atoms with Gasteiger partial charge in [0.2, 0.25) is 0 Å². The van der Waals surface area contributed by atoms with Crippen LogP contribution in [0.2, 0.25) is 0 Å². The van der Waals surface area contributed by atoms with Crippen molar-refractivity contribution in [2.24, 2.45) is 12.8 Å². The molecular formula is C13H21N3O2. The summed E-state index contributed by atoms with van der Waals surface area (Å²) in [5, 5.41) is 4.32. The highest BCUT2D eigenvalue weighted by molar-refractivity contribution is 5.90. The molecule has 2 rings (SSSR count). The van der Waals surface area contributed by atoms with Crippen molar-refractivity contribution >= 4 is 5.97 Å². The van der Waals surface area contributed by atoms with Crippen LogP contribution in [0.25, 0.3) is 0 Å². The van der Waals surface area contributed by atoms with Gasteiger partial charge in [0.25, 0.3) is 0 Å². The Bertz CT molecular complexity index is 477. The fourth-order valence-electron chi connectivity index (χ4n) is 2.75. The Morgan fingerprint density at radius 3 is 2.89 bits per heavy atom. The summed E-state index contributed by atoms with van der Waals surface area (Å²) in [6.45, 7) is 6.41. The lowest BCUT2D eigenvalue weighted by Gasteiger charge is -2.33. The van der Waals surface area contributed by atoms with E-state index in [1.54, 1.807) is 11.6 Å². The highest BCUT2D eigenvalue weighted by atomic mass is 16.5. The molecule has 1 aromatic heterocycles. The Morgan fingerprint density at radius 2 is 2.28 bits per heavy atom. The Labute approximate surface area is 107 Å². The maximum Gasteiger partial charge on any atom is 0.359 e. The van der Waals surface area contributed by atoms with Crippen molar-refractivity contribution in [1.82, 2.24) is 9.78 Å². The largest absolute Gasteiger partial charge is 0.461 e. The standard InChI is InChI=1S/C13H21N3O2/c1-5-18-12(17)10-9-11(16(4)15-10)8(14)6-7-13(9,2)3/h8H,5-7,14H2,1-4H3. The lowest BCUT2D eigenvalue weighted by Crippen LogP contribution is -2.31. The second kappa shape index (κ2) is 4.39. The maximum atomic E-state index is 12.0. The van der Waals surface area contributed by atoms with E-state index in [1.807, 2.05) is 7.05 Å². The summed E-state index contributed by atoms with van der Waals surface area (Å²) in [5.74, 6) is -0.350. The predicted molar refractivity (Wildman–Crippen MR) is 68.4 cm³/mol. The summed E-state index contributed by atoms with van der Waals surface area (Å²) in [6.07, 6.45) is 1.88. The van der Waals surface area contributed by atoms with Gasteiger partial charge in [0.15, 0.2) is 5.69 Å². The van der Waals surface area contributed by atoms with Gasteiger partial charge in [-0.05, 0) is 25.2 Å². The first-order valence-electron chi connectivity index (χ1n) is 6.38. The molecule has 0 saturated carbocycles. The monoisotopic (exact) mass is 251 g/mol. The van der Waals surface area contributed by atoms with E-state index < -0.39 is 0 Å². The van der Waals surface area contributed by atoms with Crippen LogP contribution in [0.15, 0.2) is 0 Å². The maximum absolute atomic E-state index is 12.0. The molecule has 100 valence electrons. The summed E-state index contributed by atoms with van der Waals surface area (Å²) in [5.41, 5.74) is 8.41. The first-order chi connectivity index (χ1) is 8.38. The topological polar surface area (TPSA) is 70.1 Å². The molecule has 1 aliphatic rings. The van der Waals surface area contributed by atoms with E-state index in [4.69, 9.17) is 10.5 Å². The Kier molecular flexibility index (Phi) is 3.19. The van der Waals surface area contributed by atoms with E-state index in [0.717, 1.165) is 24.1 Å². The Balaban J connectivity index is 2.57. The van der Waals surface area contributed by atoms with Crippen LogP contribution in [0, 0.1) is 0 Å². The van der Waals surface area contributed by atoms with Crippen LogP contribution in [-0.4, -0.2) is 22.4 Å². The van der Waals surface area contributed by atoms with E-state index in [0.29, 0.717) is 12.3 Å². The quantitative estimate of drug-likeness (QED) is 0.812. The van der Waals surface area contributed by atoms with E-state index in [2.05, 4.69) is 18.9 Å². The predicted octanol–water partition coefficient (Wildman–Crippen LogP) is 1.67. The molecule has 18 heavy (non-hydrogen) atoms. The normalized spacial score (nSPS) is 21.5. The molecule has 0 aliphatic heterocycles. The Hall–Kier alpha value is -1.36. The van der Waals surface area contributed by atoms with E-state index >= 15 is 0 Å². The molecule has 0 bridgehead atoms. The number of carbonyl (C=O) groups is 1. The van der Waals surface area contributed by atoms with Gasteiger partial charge in [-0.3, -0.25) is 4.68 Å². The number of nitrogens with two attached hydrogens (primary N) is 1. The minimum Gasteiger partial charge on any atom is -0.461 e. The summed E-state index contributed by atoms with van der Waals surface area (Å²) in [6, 6.07) is -0.0475. The van der Waals surface area contributed by atoms with Gasteiger partial charge in [-0.25, -0.2) is 4.79 Å². The van der Waals surface area contributed by atoms with E-state index in [-0.39, 0.29) is 17.4 Å². The number of fused-ring (bicyclic) bond motifs is 1. The third-order valence-corrected chi connectivity index (χ3v) is 3.67. The molecular weight excluding hydrogens is 230 g/mol. The molecule has 1 aliphatic carbocycles. The highest BCUT2D eigenvalue weighted by Gasteiger charge is 2.39. The summed E-state index contributed by atoms with van der Waals surface area (Å²) in [4.78, 5) is 12.0. The lowest BCUT2D eigenvalue weighted by molar-refractivity contribution is 0.0515. The van der Waals surface area contributed by atoms with Gasteiger partial charge in [0, 0.05) is 18.7 Å². The number of nitrogens with zero attached hydrogens (tertiary/aromatic N) is 2. The average Bonchev–Trinajstić information content (AvgIpc) is 2.64. The minimum absolute atomic E-state index is 0.0475. The van der Waals surface area contributed by atoms with Crippen LogP contribution in [-0.2, 0) is 17.2 Å². The second-order valence-electron chi connectivity index (χ2n) is 5.48. The smallest absolute Gasteiger partial charge is 0.359 e. The molecule has 1 aromatic rings. The lowest BCUT2D eigenvalue weighted by atomic mass is 9.72. The van der Waals surface area contributed by atoms with Crippen LogP contribution in [0.1, 0.15) is 61.4 Å². The average molecular weight is 251 g/mol. The molecule has 1 atom stereocenters. The number of rotatable bonds is 2. The molecule has 0 aromatic carbocycles. The van der Waals surface area contributed by atoms with E-state index in [9.17, 15) is 4.79 Å². The van der Waals surface area contributed by atoms with E-state index in [1.165, 1.54) is 0 Å². The van der Waals surface area contributed by atoms with Crippen LogP contribution >= 0.6 is 0 Å². The first-order valence-corrected chi connectivity index (χ1v) is 6.38. The molecule has 5 heteroatoms. The number of aryl methyl sites for hydroxylation is 1. The fourth-order valence-corrected chi connectivity index (χ4v) is 2.75. The van der Waals surface area contributed by atoms with Crippen molar-refractivity contribution in [3.05, 3.63) is 17.0 Å². The van der Waals surface area contributed by atoms with Gasteiger partial charge in [-0.15, -0.1) is 0 Å². The van der Waals surface area contributed by atoms with Crippen LogP contribution in [0.3, 0.4) is 0 Å². The van der Waals surface area contributed by atoms with Crippen molar-refractivity contribution in [3.8, 4) is 0 Å². The zero-order chi connectivity index (χ0) is 13.5. The van der Waals surface area contributed by atoms with Crippen molar-refractivity contribution in [2.45, 2.75) is 45.1 Å². The van der Waals surface area contributed by atoms with Gasteiger partial charge < -0.3 is 10.5 Å². The third-order valence-electron chi connectivity index (χ3n) is 3.67. The van der Waals surface area contributed by atoms with Gasteiger partial charge in [0.05, 0.1) is 12.3 Å². The van der Waals surface area contributed by atoms with Gasteiger partial charge >= 0.3 is 5.97 Å². The fraction of sp³-hybridized carbons (Fsp3) is 0.692. The van der Waals surface area contributed by atoms with Crippen LogP contribution in [0.4, 0.5) is 0 Å². The zero-order valence-corrected chi connectivity index (χ0v) is 11.5. The molecule has 0 radical (unpaired) electrons. The number of hydrogen-bond donors (Lipinski definition) is 1. The summed E-state index contributed by atoms with van der Waals surface area (Å²) >= 11 is 0. The SMILES string of the molecule is CCOC(=O)c1nn(C)c2c1C(C)(C)CCC2N. The molecule has 0 fully saturated rings. The number of ether oxygens (including phenoxy) is 1. The number of aromatic nitrogens is 2. The van der Waals surface area contributed by atoms with Gasteiger partial charge in [-0.2, -0.15) is 5.10 Å². The molecule has 0 saturated heterocycles. The number of carbonyl (C=O) groups excluding carboxylic acids is 1. The van der Waals surface area contributed by atoms with Crippen molar-refractivity contribution in [2.75, 3.05) is 6.61 Å². The van der Waals surface area contributed by atoms with Crippen molar-refractivity contribution in [3.63, 3.8) is 0 Å². The second-order valence-corrected chi connectivity index (χ2v) is 5.48. The summed E-state index contributed by atoms with van der Waals surface area (Å²) in [7, 11) is 1.84. The molecule has 0 amide bonds. The Morgan fingerprint density at radius 1 is 1.61 bits per heavy atom. The molecule has 2 N–H and O–H groups in total. The van der Waals surface area contributed by atoms with Gasteiger partial charge in [0.1, 0.15) is 0 Å². The molecule has 5 nitrogen and oxygen atoms in total. The molecule has 0 spiro atoms. The van der Waals surface area contributed by atoms with Crippen molar-refractivity contribution < 1.29 is 9.53 Å². The third kappa shape index (κ3) is 1.92. The number of esters is 1. The number of hydrogen-bond acceptors (Lipinski definition) is 4. The minimum atomic E-state index is -0.350. The molecule has 1 heterocycles. The highest BCUT2D eigenvalue weighted by Crippen LogP contribution is 2.42.